The van der Waals surface area contributed by atoms with E-state index in [1.165, 1.54) is 0 Å². The van der Waals surface area contributed by atoms with Gasteiger partial charge in [-0.3, -0.25) is 4.79 Å². The first kappa shape index (κ1) is 13.6. The fourth-order valence-corrected chi connectivity index (χ4v) is 1.86. The lowest BCUT2D eigenvalue weighted by molar-refractivity contribution is 0.0995. The van der Waals surface area contributed by atoms with Crippen molar-refractivity contribution in [2.24, 2.45) is 5.73 Å². The van der Waals surface area contributed by atoms with Gasteiger partial charge in [-0.25, -0.2) is 0 Å². The van der Waals surface area contributed by atoms with Crippen LogP contribution in [0.2, 0.25) is 5.02 Å². The van der Waals surface area contributed by atoms with Gasteiger partial charge in [-0.05, 0) is 37.3 Å². The number of hydrogen-bond acceptors (Lipinski definition) is 3. The fraction of sp³-hybridized carbons (Fsp3) is 0.0769. The van der Waals surface area contributed by atoms with Crippen LogP contribution in [0.3, 0.4) is 0 Å². The highest BCUT2D eigenvalue weighted by Gasteiger charge is 2.12. The number of rotatable bonds is 3. The van der Waals surface area contributed by atoms with Crippen molar-refractivity contribution in [3.63, 3.8) is 0 Å². The Kier molecular flexibility index (Phi) is 3.87. The maximum absolute atomic E-state index is 11.9. The van der Waals surface area contributed by atoms with Crippen molar-refractivity contribution in [1.82, 2.24) is 0 Å². The molecule has 3 N–H and O–H groups in total. The van der Waals surface area contributed by atoms with Crippen molar-refractivity contribution in [2.75, 3.05) is 5.32 Å². The summed E-state index contributed by atoms with van der Waals surface area (Å²) >= 11 is 10.9. The van der Waals surface area contributed by atoms with Crippen LogP contribution in [0, 0.1) is 6.92 Å². The average Bonchev–Trinajstić information content (AvgIpc) is 2.78. The topological polar surface area (TPSA) is 68.3 Å². The first-order valence-corrected chi connectivity index (χ1v) is 6.23. The minimum absolute atomic E-state index is 0.229. The van der Waals surface area contributed by atoms with E-state index < -0.39 is 0 Å². The van der Waals surface area contributed by atoms with Gasteiger partial charge in [0.25, 0.3) is 5.91 Å². The predicted octanol–water partition coefficient (Wildman–Crippen LogP) is 3.13. The highest BCUT2D eigenvalue weighted by atomic mass is 35.5. The van der Waals surface area contributed by atoms with E-state index in [9.17, 15) is 4.79 Å². The standard InChI is InChI=1S/C13H11ClN2O2S/c1-7-2-5-11(18-7)13(17)16-10-4-3-8(12(15)19)6-9(10)14/h2-6H,1H3,(H2,15,19)(H,16,17). The molecule has 0 saturated carbocycles. The second-order valence-corrected chi connectivity index (χ2v) is 4.77. The van der Waals surface area contributed by atoms with E-state index >= 15 is 0 Å². The Morgan fingerprint density at radius 1 is 1.37 bits per heavy atom. The van der Waals surface area contributed by atoms with Crippen LogP contribution >= 0.6 is 23.8 Å². The summed E-state index contributed by atoms with van der Waals surface area (Å²) in [6, 6.07) is 8.25. The van der Waals surface area contributed by atoms with Crippen molar-refractivity contribution in [2.45, 2.75) is 6.92 Å². The molecule has 0 atom stereocenters. The smallest absolute Gasteiger partial charge is 0.291 e. The van der Waals surface area contributed by atoms with Gasteiger partial charge >= 0.3 is 0 Å². The molecular formula is C13H11ClN2O2S. The molecule has 4 nitrogen and oxygen atoms in total. The molecule has 0 unspecified atom stereocenters. The zero-order valence-electron chi connectivity index (χ0n) is 10.1. The predicted molar refractivity (Wildman–Crippen MR) is 78.7 cm³/mol. The number of amides is 1. The Labute approximate surface area is 120 Å². The monoisotopic (exact) mass is 294 g/mol. The molecule has 1 aromatic carbocycles. The normalized spacial score (nSPS) is 10.2. The molecule has 0 aliphatic carbocycles. The quantitative estimate of drug-likeness (QED) is 0.854. The largest absolute Gasteiger partial charge is 0.456 e. The number of benzene rings is 1. The Balaban J connectivity index is 2.20. The maximum Gasteiger partial charge on any atom is 0.291 e. The van der Waals surface area contributed by atoms with Gasteiger partial charge in [-0.2, -0.15) is 0 Å². The van der Waals surface area contributed by atoms with Gasteiger partial charge < -0.3 is 15.5 Å². The van der Waals surface area contributed by atoms with Gasteiger partial charge in [0.2, 0.25) is 0 Å². The molecular weight excluding hydrogens is 284 g/mol. The highest BCUT2D eigenvalue weighted by molar-refractivity contribution is 7.80. The molecule has 0 saturated heterocycles. The molecule has 19 heavy (non-hydrogen) atoms. The molecule has 0 radical (unpaired) electrons. The lowest BCUT2D eigenvalue weighted by Gasteiger charge is -2.07. The van der Waals surface area contributed by atoms with E-state index in [1.54, 1.807) is 37.3 Å². The number of halogens is 1. The molecule has 98 valence electrons. The Morgan fingerprint density at radius 3 is 2.63 bits per heavy atom. The third kappa shape index (κ3) is 3.13. The van der Waals surface area contributed by atoms with E-state index in [4.69, 9.17) is 34.0 Å². The Hall–Kier alpha value is -1.85. The van der Waals surface area contributed by atoms with Crippen molar-refractivity contribution in [3.05, 3.63) is 52.4 Å². The van der Waals surface area contributed by atoms with Crippen LogP contribution in [0.5, 0.6) is 0 Å². The highest BCUT2D eigenvalue weighted by Crippen LogP contribution is 2.24. The fourth-order valence-electron chi connectivity index (χ4n) is 1.51. The number of carbonyl (C=O) groups excluding carboxylic acids is 1. The number of anilines is 1. The van der Waals surface area contributed by atoms with Crippen LogP contribution in [0.4, 0.5) is 5.69 Å². The summed E-state index contributed by atoms with van der Waals surface area (Å²) < 4.78 is 5.22. The SMILES string of the molecule is Cc1ccc(C(=O)Nc2ccc(C(N)=S)cc2Cl)o1. The van der Waals surface area contributed by atoms with Crippen LogP contribution in [0.25, 0.3) is 0 Å². The first-order chi connectivity index (χ1) is 8.97. The third-order valence-electron chi connectivity index (χ3n) is 2.47. The van der Waals surface area contributed by atoms with Gasteiger partial charge in [-0.1, -0.05) is 23.8 Å². The Bertz CT molecular complexity index is 652. The Morgan fingerprint density at radius 2 is 2.11 bits per heavy atom. The minimum atomic E-state index is -0.363. The number of hydrogen-bond donors (Lipinski definition) is 2. The van der Waals surface area contributed by atoms with Gasteiger partial charge in [0.1, 0.15) is 10.7 Å². The van der Waals surface area contributed by atoms with E-state index in [-0.39, 0.29) is 16.7 Å². The van der Waals surface area contributed by atoms with Crippen molar-refractivity contribution >= 4 is 40.4 Å². The summed E-state index contributed by atoms with van der Waals surface area (Å²) in [6.07, 6.45) is 0. The number of carbonyl (C=O) groups is 1. The van der Waals surface area contributed by atoms with Gasteiger partial charge in [0.15, 0.2) is 5.76 Å². The van der Waals surface area contributed by atoms with Gasteiger partial charge in [0.05, 0.1) is 10.7 Å². The summed E-state index contributed by atoms with van der Waals surface area (Å²) in [6.45, 7) is 1.76. The third-order valence-corrected chi connectivity index (χ3v) is 3.01. The maximum atomic E-state index is 11.9. The van der Waals surface area contributed by atoms with E-state index in [0.717, 1.165) is 0 Å². The van der Waals surface area contributed by atoms with Crippen LogP contribution in [-0.4, -0.2) is 10.9 Å². The molecule has 0 fully saturated rings. The zero-order chi connectivity index (χ0) is 14.0. The summed E-state index contributed by atoms with van der Waals surface area (Å²) in [7, 11) is 0. The zero-order valence-corrected chi connectivity index (χ0v) is 11.6. The number of furan rings is 1. The number of thiocarbonyl (C=S) groups is 1. The van der Waals surface area contributed by atoms with Crippen LogP contribution in [0.15, 0.2) is 34.7 Å². The van der Waals surface area contributed by atoms with Gasteiger partial charge in [-0.15, -0.1) is 0 Å². The number of nitrogens with one attached hydrogen (secondary N) is 1. The summed E-state index contributed by atoms with van der Waals surface area (Å²) in [5, 5.41) is 3.02. The molecule has 0 bridgehead atoms. The summed E-state index contributed by atoms with van der Waals surface area (Å²) in [4.78, 5) is 12.1. The molecule has 2 rings (SSSR count). The van der Waals surface area contributed by atoms with Crippen LogP contribution in [0.1, 0.15) is 21.9 Å². The summed E-state index contributed by atoms with van der Waals surface area (Å²) in [5.74, 6) is 0.533. The molecule has 1 heterocycles. The first-order valence-electron chi connectivity index (χ1n) is 5.44. The van der Waals surface area contributed by atoms with Crippen LogP contribution in [-0.2, 0) is 0 Å². The van der Waals surface area contributed by atoms with Crippen molar-refractivity contribution < 1.29 is 9.21 Å². The average molecular weight is 295 g/mol. The molecule has 0 aliphatic rings. The number of aryl methyl sites for hydroxylation is 1. The molecule has 2 aromatic rings. The second-order valence-electron chi connectivity index (χ2n) is 3.92. The van der Waals surface area contributed by atoms with Crippen LogP contribution < -0.4 is 11.1 Å². The van der Waals surface area contributed by atoms with Gasteiger partial charge in [0, 0.05) is 5.56 Å². The van der Waals surface area contributed by atoms with E-state index in [1.807, 2.05) is 0 Å². The molecule has 0 spiro atoms. The van der Waals surface area contributed by atoms with E-state index in [2.05, 4.69) is 5.32 Å². The molecule has 1 amide bonds. The lowest BCUT2D eigenvalue weighted by atomic mass is 10.2. The second kappa shape index (κ2) is 5.42. The molecule has 6 heteroatoms. The van der Waals surface area contributed by atoms with E-state index in [0.29, 0.717) is 22.0 Å². The van der Waals surface area contributed by atoms with Crippen molar-refractivity contribution in [3.8, 4) is 0 Å². The van der Waals surface area contributed by atoms with Crippen molar-refractivity contribution in [1.29, 1.82) is 0 Å². The number of nitrogens with two attached hydrogens (primary N) is 1. The summed E-state index contributed by atoms with van der Waals surface area (Å²) in [5.41, 5.74) is 6.62. The molecule has 1 aromatic heterocycles. The lowest BCUT2D eigenvalue weighted by Crippen LogP contribution is -2.13. The minimum Gasteiger partial charge on any atom is -0.456 e. The molecule has 0 aliphatic heterocycles.